The fraction of sp³-hybridized carbons (Fsp3) is 0.583. The minimum atomic E-state index is -0.484. The second-order valence-corrected chi connectivity index (χ2v) is 3.97. The van der Waals surface area contributed by atoms with Crippen molar-refractivity contribution >= 4 is 11.9 Å². The van der Waals surface area contributed by atoms with Crippen LogP contribution in [0.2, 0.25) is 0 Å². The number of aryl methyl sites for hydroxylation is 1. The minimum Gasteiger partial charge on any atom is -0.478 e. The van der Waals surface area contributed by atoms with Crippen LogP contribution in [0.5, 0.6) is 5.88 Å². The number of carbonyl (C=O) groups is 1. The van der Waals surface area contributed by atoms with Gasteiger partial charge in [0.15, 0.2) is 0 Å². The normalized spacial score (nSPS) is 10.2. The first-order chi connectivity index (χ1) is 9.11. The Labute approximate surface area is 112 Å². The highest BCUT2D eigenvalue weighted by Crippen LogP contribution is 2.11. The van der Waals surface area contributed by atoms with E-state index < -0.39 is 5.91 Å². The molecular weight excluding hydrogens is 248 g/mol. The van der Waals surface area contributed by atoms with E-state index in [0.29, 0.717) is 31.6 Å². The van der Waals surface area contributed by atoms with E-state index in [0.717, 1.165) is 12.1 Å². The molecule has 1 heterocycles. The molecule has 0 aliphatic rings. The van der Waals surface area contributed by atoms with Crippen LogP contribution >= 0.6 is 0 Å². The Morgan fingerprint density at radius 2 is 2.21 bits per heavy atom. The smallest absolute Gasteiger partial charge is 0.243 e. The SMILES string of the molecule is CCCOc1cc(C)nc(NCCOCC(N)=O)n1. The van der Waals surface area contributed by atoms with E-state index in [2.05, 4.69) is 15.3 Å². The highest BCUT2D eigenvalue weighted by atomic mass is 16.5. The lowest BCUT2D eigenvalue weighted by Gasteiger charge is -2.08. The summed E-state index contributed by atoms with van der Waals surface area (Å²) in [6, 6.07) is 1.78. The van der Waals surface area contributed by atoms with Gasteiger partial charge in [0.1, 0.15) is 6.61 Å². The van der Waals surface area contributed by atoms with Crippen LogP contribution in [-0.2, 0) is 9.53 Å². The Kier molecular flexibility index (Phi) is 6.59. The molecule has 1 aromatic rings. The molecule has 0 radical (unpaired) electrons. The molecular formula is C12H20N4O3. The Morgan fingerprint density at radius 1 is 1.42 bits per heavy atom. The first-order valence-corrected chi connectivity index (χ1v) is 6.20. The van der Waals surface area contributed by atoms with Crippen molar-refractivity contribution in [1.29, 1.82) is 0 Å². The number of aromatic nitrogens is 2. The highest BCUT2D eigenvalue weighted by Gasteiger charge is 2.02. The summed E-state index contributed by atoms with van der Waals surface area (Å²) < 4.78 is 10.5. The van der Waals surface area contributed by atoms with Gasteiger partial charge in [-0.25, -0.2) is 4.98 Å². The Bertz CT molecular complexity index is 412. The molecule has 7 heteroatoms. The van der Waals surface area contributed by atoms with E-state index in [4.69, 9.17) is 15.2 Å². The number of hydrogen-bond donors (Lipinski definition) is 2. The van der Waals surface area contributed by atoms with Crippen molar-refractivity contribution in [3.05, 3.63) is 11.8 Å². The molecule has 0 spiro atoms. The molecule has 0 unspecified atom stereocenters. The van der Waals surface area contributed by atoms with Crippen molar-refractivity contribution in [3.8, 4) is 5.88 Å². The molecule has 19 heavy (non-hydrogen) atoms. The van der Waals surface area contributed by atoms with Gasteiger partial charge in [-0.1, -0.05) is 6.92 Å². The third-order valence-corrected chi connectivity index (χ3v) is 2.06. The second kappa shape index (κ2) is 8.25. The number of nitrogens with one attached hydrogen (secondary N) is 1. The second-order valence-electron chi connectivity index (χ2n) is 3.97. The molecule has 7 nitrogen and oxygen atoms in total. The van der Waals surface area contributed by atoms with Gasteiger partial charge in [-0.2, -0.15) is 4.98 Å². The lowest BCUT2D eigenvalue weighted by Crippen LogP contribution is -2.21. The number of rotatable bonds is 9. The van der Waals surface area contributed by atoms with E-state index in [9.17, 15) is 4.79 Å². The van der Waals surface area contributed by atoms with Crippen LogP contribution < -0.4 is 15.8 Å². The molecule has 0 aliphatic carbocycles. The molecule has 1 aromatic heterocycles. The maximum Gasteiger partial charge on any atom is 0.243 e. The molecule has 3 N–H and O–H groups in total. The van der Waals surface area contributed by atoms with Gasteiger partial charge in [-0.05, 0) is 13.3 Å². The van der Waals surface area contributed by atoms with Crippen LogP contribution in [0.25, 0.3) is 0 Å². The quantitative estimate of drug-likeness (QED) is 0.632. The molecule has 0 atom stereocenters. The van der Waals surface area contributed by atoms with Crippen LogP contribution in [0.15, 0.2) is 6.07 Å². The lowest BCUT2D eigenvalue weighted by atomic mass is 10.4. The Balaban J connectivity index is 2.40. The predicted octanol–water partition coefficient (Wildman–Crippen LogP) is 0.488. The zero-order valence-corrected chi connectivity index (χ0v) is 11.3. The number of hydrogen-bond acceptors (Lipinski definition) is 6. The fourth-order valence-electron chi connectivity index (χ4n) is 1.31. The van der Waals surface area contributed by atoms with E-state index in [1.165, 1.54) is 0 Å². The van der Waals surface area contributed by atoms with Gasteiger partial charge >= 0.3 is 0 Å². The van der Waals surface area contributed by atoms with Crippen molar-refractivity contribution in [2.45, 2.75) is 20.3 Å². The first-order valence-electron chi connectivity index (χ1n) is 6.20. The largest absolute Gasteiger partial charge is 0.478 e. The molecule has 1 amide bonds. The summed E-state index contributed by atoms with van der Waals surface area (Å²) in [4.78, 5) is 18.9. The fourth-order valence-corrected chi connectivity index (χ4v) is 1.31. The Hall–Kier alpha value is -1.89. The highest BCUT2D eigenvalue weighted by molar-refractivity contribution is 5.74. The van der Waals surface area contributed by atoms with E-state index >= 15 is 0 Å². The van der Waals surface area contributed by atoms with Gasteiger partial charge in [-0.15, -0.1) is 0 Å². The average Bonchev–Trinajstić information content (AvgIpc) is 2.35. The third kappa shape index (κ3) is 6.56. The van der Waals surface area contributed by atoms with Crippen molar-refractivity contribution in [2.75, 3.05) is 31.7 Å². The molecule has 0 aromatic carbocycles. The number of nitrogens with two attached hydrogens (primary N) is 1. The van der Waals surface area contributed by atoms with Crippen molar-refractivity contribution in [3.63, 3.8) is 0 Å². The summed E-state index contributed by atoms with van der Waals surface area (Å²) >= 11 is 0. The summed E-state index contributed by atoms with van der Waals surface area (Å²) in [6.45, 7) is 5.28. The molecule has 0 saturated carbocycles. The van der Waals surface area contributed by atoms with Crippen molar-refractivity contribution < 1.29 is 14.3 Å². The van der Waals surface area contributed by atoms with Gasteiger partial charge < -0.3 is 20.5 Å². The van der Waals surface area contributed by atoms with Gasteiger partial charge in [0.05, 0.1) is 13.2 Å². The lowest BCUT2D eigenvalue weighted by molar-refractivity contribution is -0.122. The van der Waals surface area contributed by atoms with Gasteiger partial charge in [0, 0.05) is 18.3 Å². The number of amides is 1. The monoisotopic (exact) mass is 268 g/mol. The number of carbonyl (C=O) groups excluding carboxylic acids is 1. The summed E-state index contributed by atoms with van der Waals surface area (Å²) in [5.74, 6) is 0.547. The van der Waals surface area contributed by atoms with Crippen LogP contribution in [0.1, 0.15) is 19.0 Å². The maximum atomic E-state index is 10.5. The van der Waals surface area contributed by atoms with Crippen LogP contribution in [0.4, 0.5) is 5.95 Å². The summed E-state index contributed by atoms with van der Waals surface area (Å²) in [5.41, 5.74) is 5.77. The zero-order chi connectivity index (χ0) is 14.1. The minimum absolute atomic E-state index is 0.0821. The van der Waals surface area contributed by atoms with Gasteiger partial charge in [0.25, 0.3) is 0 Å². The van der Waals surface area contributed by atoms with Gasteiger partial charge in [-0.3, -0.25) is 4.79 Å². The summed E-state index contributed by atoms with van der Waals surface area (Å²) in [6.07, 6.45) is 0.923. The molecule has 0 bridgehead atoms. The maximum absolute atomic E-state index is 10.5. The van der Waals surface area contributed by atoms with Gasteiger partial charge in [0.2, 0.25) is 17.7 Å². The summed E-state index contributed by atoms with van der Waals surface area (Å²) in [5, 5.41) is 3.00. The number of anilines is 1. The molecule has 1 rings (SSSR count). The standard InChI is InChI=1S/C12H20N4O3/c1-3-5-19-11-7-9(2)15-12(16-11)14-4-6-18-8-10(13)17/h7H,3-6,8H2,1-2H3,(H2,13,17)(H,14,15,16). The Morgan fingerprint density at radius 3 is 2.89 bits per heavy atom. The number of nitrogens with zero attached hydrogens (tertiary/aromatic N) is 2. The summed E-state index contributed by atoms with van der Waals surface area (Å²) in [7, 11) is 0. The van der Waals surface area contributed by atoms with Crippen LogP contribution in [0, 0.1) is 6.92 Å². The van der Waals surface area contributed by atoms with Crippen LogP contribution in [-0.4, -0.2) is 42.2 Å². The molecule has 0 fully saturated rings. The van der Waals surface area contributed by atoms with E-state index in [1.807, 2.05) is 13.8 Å². The molecule has 0 saturated heterocycles. The van der Waals surface area contributed by atoms with Crippen LogP contribution in [0.3, 0.4) is 0 Å². The average molecular weight is 268 g/mol. The van der Waals surface area contributed by atoms with E-state index in [1.54, 1.807) is 6.07 Å². The molecule has 0 aliphatic heterocycles. The zero-order valence-electron chi connectivity index (χ0n) is 11.3. The predicted molar refractivity (Wildman–Crippen MR) is 71.1 cm³/mol. The topological polar surface area (TPSA) is 99.4 Å². The molecule has 106 valence electrons. The van der Waals surface area contributed by atoms with Crippen molar-refractivity contribution in [2.24, 2.45) is 5.73 Å². The van der Waals surface area contributed by atoms with E-state index in [-0.39, 0.29) is 6.61 Å². The first kappa shape index (κ1) is 15.2. The van der Waals surface area contributed by atoms with Crippen molar-refractivity contribution in [1.82, 2.24) is 9.97 Å². The number of primary amides is 1. The third-order valence-electron chi connectivity index (χ3n) is 2.06. The number of ether oxygens (including phenoxy) is 2.